The van der Waals surface area contributed by atoms with E-state index in [1.165, 1.54) is 35.1 Å². The van der Waals surface area contributed by atoms with E-state index in [1.54, 1.807) is 18.2 Å². The molecule has 7 rings (SSSR count). The molecule has 214 valence electrons. The molecule has 2 aromatic heterocycles. The van der Waals surface area contributed by atoms with E-state index in [4.69, 9.17) is 4.42 Å². The van der Waals surface area contributed by atoms with Crippen molar-refractivity contribution in [2.45, 2.75) is 22.7 Å². The molecule has 2 aliphatic heterocycles. The lowest BCUT2D eigenvalue weighted by Crippen LogP contribution is -2.32. The Labute approximate surface area is 250 Å². The number of non-ortho nitro benzene ring substituents is 1. The van der Waals surface area contributed by atoms with E-state index in [0.29, 0.717) is 21.4 Å². The van der Waals surface area contributed by atoms with Crippen molar-refractivity contribution in [2.24, 2.45) is 5.92 Å². The molecule has 13 heteroatoms. The molecule has 0 bridgehead atoms. The molecule has 0 saturated carbocycles. The van der Waals surface area contributed by atoms with Gasteiger partial charge in [0.05, 0.1) is 38.6 Å². The summed E-state index contributed by atoms with van der Waals surface area (Å²) >= 11 is 1.99. The lowest BCUT2D eigenvalue weighted by Gasteiger charge is -2.29. The van der Waals surface area contributed by atoms with Crippen molar-refractivity contribution in [1.29, 1.82) is 0 Å². The van der Waals surface area contributed by atoms with Crippen molar-refractivity contribution in [1.82, 2.24) is 4.57 Å². The molecule has 0 aliphatic carbocycles. The maximum atomic E-state index is 13.8. The van der Waals surface area contributed by atoms with Gasteiger partial charge in [0.1, 0.15) is 17.6 Å². The summed E-state index contributed by atoms with van der Waals surface area (Å²) in [5, 5.41) is 15.4. The SMILES string of the molecule is O=C(Cn1c2c(sc1=O)C(c1ccco1)C1C(=O)N(c3ccc([N+](=O)[O-])cc3)C(=O)C1S2)Nc1cccc2ccccc12. The average molecular weight is 613 g/mol. The first-order chi connectivity index (χ1) is 20.8. The van der Waals surface area contributed by atoms with E-state index in [2.05, 4.69) is 5.32 Å². The number of carbonyl (C=O) groups is 3. The topological polar surface area (TPSA) is 145 Å². The fourth-order valence-corrected chi connectivity index (χ4v) is 8.43. The van der Waals surface area contributed by atoms with Crippen molar-refractivity contribution in [3.8, 4) is 0 Å². The Hall–Kier alpha value is -5.01. The van der Waals surface area contributed by atoms with Gasteiger partial charge in [-0.1, -0.05) is 59.5 Å². The molecule has 3 unspecified atom stereocenters. The van der Waals surface area contributed by atoms with Gasteiger partial charge in [-0.05, 0) is 35.7 Å². The minimum atomic E-state index is -0.910. The summed E-state index contributed by atoms with van der Waals surface area (Å²) in [4.78, 5) is 65.9. The number of nitrogens with one attached hydrogen (secondary N) is 1. The zero-order valence-electron chi connectivity index (χ0n) is 22.0. The van der Waals surface area contributed by atoms with Gasteiger partial charge < -0.3 is 9.73 Å². The quantitative estimate of drug-likeness (QED) is 0.160. The van der Waals surface area contributed by atoms with Gasteiger partial charge in [-0.15, -0.1) is 0 Å². The number of rotatable bonds is 6. The van der Waals surface area contributed by atoms with Crippen molar-refractivity contribution in [3.63, 3.8) is 0 Å². The van der Waals surface area contributed by atoms with E-state index in [1.807, 2.05) is 36.4 Å². The van der Waals surface area contributed by atoms with Gasteiger partial charge >= 0.3 is 4.87 Å². The normalized spacial score (nSPS) is 19.3. The van der Waals surface area contributed by atoms with Gasteiger partial charge in [0.2, 0.25) is 17.7 Å². The third kappa shape index (κ3) is 4.44. The van der Waals surface area contributed by atoms with Crippen molar-refractivity contribution >= 4 is 68.7 Å². The maximum Gasteiger partial charge on any atom is 0.308 e. The Bertz CT molecular complexity index is 1990. The number of amides is 3. The number of hydrogen-bond donors (Lipinski definition) is 1. The van der Waals surface area contributed by atoms with Crippen LogP contribution in [0.25, 0.3) is 10.8 Å². The fraction of sp³-hybridized carbons (Fsp3) is 0.133. The zero-order valence-corrected chi connectivity index (χ0v) is 23.7. The summed E-state index contributed by atoms with van der Waals surface area (Å²) in [6.45, 7) is -0.294. The van der Waals surface area contributed by atoms with E-state index in [9.17, 15) is 29.3 Å². The molecule has 5 aromatic rings. The second-order valence-corrected chi connectivity index (χ2v) is 12.2. The third-order valence-corrected chi connectivity index (χ3v) is 10.2. The zero-order chi connectivity index (χ0) is 29.8. The molecular weight excluding hydrogens is 592 g/mol. The molecule has 1 N–H and O–H groups in total. The van der Waals surface area contributed by atoms with Crippen molar-refractivity contribution in [3.05, 3.63) is 116 Å². The Kier molecular flexibility index (Phi) is 6.47. The number of fused-ring (bicyclic) bond motifs is 3. The summed E-state index contributed by atoms with van der Waals surface area (Å²) in [7, 11) is 0. The molecule has 3 amide bonds. The van der Waals surface area contributed by atoms with Gasteiger partial charge in [-0.3, -0.25) is 33.9 Å². The number of hydrogen-bond acceptors (Lipinski definition) is 9. The molecule has 43 heavy (non-hydrogen) atoms. The lowest BCUT2D eigenvalue weighted by atomic mass is 9.87. The van der Waals surface area contributed by atoms with Crippen LogP contribution in [-0.2, 0) is 20.9 Å². The van der Waals surface area contributed by atoms with Gasteiger partial charge in [0.15, 0.2) is 0 Å². The Morgan fingerprint density at radius 2 is 1.72 bits per heavy atom. The fourth-order valence-electron chi connectivity index (χ4n) is 5.68. The molecule has 0 radical (unpaired) electrons. The highest BCUT2D eigenvalue weighted by Crippen LogP contribution is 2.54. The molecule has 11 nitrogen and oxygen atoms in total. The number of thiazole rings is 1. The van der Waals surface area contributed by atoms with Crippen LogP contribution in [0.4, 0.5) is 17.1 Å². The lowest BCUT2D eigenvalue weighted by molar-refractivity contribution is -0.384. The summed E-state index contributed by atoms with van der Waals surface area (Å²) in [5.74, 6) is -2.64. The standard InChI is InChI=1S/C30H20N4O7S2/c35-22(31-20-8-3-6-16-5-1-2-7-19(16)20)15-32-29-26(43-30(32)38)23(21-9-4-14-41-21)24-25(42-29)28(37)33(27(24)36)17-10-12-18(13-11-17)34(39)40/h1-14,23-25H,15H2,(H,31,35). The number of aromatic nitrogens is 1. The number of imide groups is 1. The van der Waals surface area contributed by atoms with Crippen LogP contribution in [0.5, 0.6) is 0 Å². The number of thioether (sulfide) groups is 1. The highest BCUT2D eigenvalue weighted by atomic mass is 32.2. The predicted molar refractivity (Wildman–Crippen MR) is 160 cm³/mol. The van der Waals surface area contributed by atoms with Gasteiger partial charge in [0, 0.05) is 23.2 Å². The molecule has 3 aromatic carbocycles. The summed E-state index contributed by atoms with van der Waals surface area (Å²) in [6, 6.07) is 21.7. The molecule has 0 spiro atoms. The van der Waals surface area contributed by atoms with Crippen LogP contribution in [0.2, 0.25) is 0 Å². The number of furan rings is 1. The Morgan fingerprint density at radius 1 is 0.953 bits per heavy atom. The van der Waals surface area contributed by atoms with Crippen LogP contribution in [0.15, 0.2) is 99.4 Å². The number of carbonyl (C=O) groups excluding carboxylic acids is 3. The largest absolute Gasteiger partial charge is 0.469 e. The molecular formula is C30H20N4O7S2. The van der Waals surface area contributed by atoms with E-state index >= 15 is 0 Å². The number of anilines is 2. The first-order valence-electron chi connectivity index (χ1n) is 13.2. The molecule has 2 aliphatic rings. The summed E-state index contributed by atoms with van der Waals surface area (Å²) in [5.41, 5.74) is 0.650. The van der Waals surface area contributed by atoms with Crippen LogP contribution >= 0.6 is 23.1 Å². The summed E-state index contributed by atoms with van der Waals surface area (Å²) in [6.07, 6.45) is 1.46. The minimum Gasteiger partial charge on any atom is -0.469 e. The Morgan fingerprint density at radius 3 is 2.47 bits per heavy atom. The molecule has 1 fully saturated rings. The number of nitrogens with zero attached hydrogens (tertiary/aromatic N) is 3. The van der Waals surface area contributed by atoms with Crippen LogP contribution in [0.1, 0.15) is 16.6 Å². The number of nitro benzene ring substituents is 1. The first kappa shape index (κ1) is 26.9. The van der Waals surface area contributed by atoms with Gasteiger partial charge in [-0.25, -0.2) is 4.90 Å². The number of benzene rings is 3. The Balaban J connectivity index is 1.24. The molecule has 3 atom stereocenters. The second kappa shape index (κ2) is 10.4. The van der Waals surface area contributed by atoms with E-state index in [-0.39, 0.29) is 17.9 Å². The summed E-state index contributed by atoms with van der Waals surface area (Å²) < 4.78 is 7.04. The predicted octanol–water partition coefficient (Wildman–Crippen LogP) is 5.00. The molecule has 4 heterocycles. The maximum absolute atomic E-state index is 13.8. The van der Waals surface area contributed by atoms with Crippen LogP contribution in [0, 0.1) is 16.0 Å². The highest BCUT2D eigenvalue weighted by molar-refractivity contribution is 8.00. The van der Waals surface area contributed by atoms with Gasteiger partial charge in [0.25, 0.3) is 5.69 Å². The third-order valence-electron chi connectivity index (χ3n) is 7.58. The van der Waals surface area contributed by atoms with E-state index < -0.39 is 44.6 Å². The van der Waals surface area contributed by atoms with Crippen molar-refractivity contribution in [2.75, 3.05) is 10.2 Å². The van der Waals surface area contributed by atoms with Crippen molar-refractivity contribution < 1.29 is 23.7 Å². The van der Waals surface area contributed by atoms with Crippen LogP contribution in [0.3, 0.4) is 0 Å². The smallest absolute Gasteiger partial charge is 0.308 e. The number of nitro groups is 1. The van der Waals surface area contributed by atoms with Crippen LogP contribution < -0.4 is 15.1 Å². The monoisotopic (exact) mass is 612 g/mol. The van der Waals surface area contributed by atoms with E-state index in [0.717, 1.165) is 38.8 Å². The second-order valence-electron chi connectivity index (χ2n) is 10.0. The minimum absolute atomic E-state index is 0.170. The first-order valence-corrected chi connectivity index (χ1v) is 14.8. The average Bonchev–Trinajstić information content (AvgIpc) is 3.70. The molecule has 1 saturated heterocycles. The van der Waals surface area contributed by atoms with Gasteiger partial charge in [-0.2, -0.15) is 0 Å². The van der Waals surface area contributed by atoms with Crippen LogP contribution in [-0.4, -0.2) is 32.5 Å². The highest BCUT2D eigenvalue weighted by Gasteiger charge is 2.57.